The van der Waals surface area contributed by atoms with Gasteiger partial charge in [-0.2, -0.15) is 0 Å². The third kappa shape index (κ3) is 4.09. The Bertz CT molecular complexity index is 678. The van der Waals surface area contributed by atoms with Crippen molar-refractivity contribution in [1.82, 2.24) is 20.0 Å². The van der Waals surface area contributed by atoms with Crippen LogP contribution < -0.4 is 10.6 Å². The van der Waals surface area contributed by atoms with Crippen LogP contribution in [0.5, 0.6) is 0 Å². The van der Waals surface area contributed by atoms with Crippen molar-refractivity contribution < 1.29 is 9.59 Å². The second kappa shape index (κ2) is 8.31. The Morgan fingerprint density at radius 2 is 1.83 bits per heavy atom. The molecule has 23 heavy (non-hydrogen) atoms. The summed E-state index contributed by atoms with van der Waals surface area (Å²) < 4.78 is 1.66. The van der Waals surface area contributed by atoms with Crippen LogP contribution in [0.15, 0.2) is 24.4 Å². The van der Waals surface area contributed by atoms with E-state index in [4.69, 9.17) is 0 Å². The SMILES string of the molecule is CCCCCNC(=O)c1nc(C(=O)NCCC)n2ccccc12. The van der Waals surface area contributed by atoms with Gasteiger partial charge in [0, 0.05) is 19.3 Å². The monoisotopic (exact) mass is 316 g/mol. The number of fused-ring (bicyclic) bond motifs is 1. The van der Waals surface area contributed by atoms with Gasteiger partial charge in [0.2, 0.25) is 5.82 Å². The molecule has 6 nitrogen and oxygen atoms in total. The van der Waals surface area contributed by atoms with E-state index in [9.17, 15) is 9.59 Å². The summed E-state index contributed by atoms with van der Waals surface area (Å²) in [5.74, 6) is -0.259. The molecule has 0 bridgehead atoms. The van der Waals surface area contributed by atoms with Gasteiger partial charge in [0.1, 0.15) is 0 Å². The van der Waals surface area contributed by atoms with Crippen LogP contribution >= 0.6 is 0 Å². The van der Waals surface area contributed by atoms with Gasteiger partial charge in [-0.15, -0.1) is 0 Å². The molecule has 0 aliphatic heterocycles. The molecular weight excluding hydrogens is 292 g/mol. The predicted molar refractivity (Wildman–Crippen MR) is 89.7 cm³/mol. The predicted octanol–water partition coefficient (Wildman–Crippen LogP) is 2.39. The summed E-state index contributed by atoms with van der Waals surface area (Å²) >= 11 is 0. The number of rotatable bonds is 8. The van der Waals surface area contributed by atoms with Gasteiger partial charge in [-0.1, -0.05) is 32.8 Å². The highest BCUT2D eigenvalue weighted by atomic mass is 16.2. The van der Waals surface area contributed by atoms with E-state index in [0.29, 0.717) is 24.3 Å². The van der Waals surface area contributed by atoms with Crippen LogP contribution in [0.25, 0.3) is 5.52 Å². The zero-order valence-electron chi connectivity index (χ0n) is 13.8. The Kier molecular flexibility index (Phi) is 6.14. The normalized spacial score (nSPS) is 10.7. The number of nitrogens with one attached hydrogen (secondary N) is 2. The number of imidazole rings is 1. The first-order valence-corrected chi connectivity index (χ1v) is 8.22. The molecule has 124 valence electrons. The number of pyridine rings is 1. The number of nitrogens with zero attached hydrogens (tertiary/aromatic N) is 2. The average Bonchev–Trinajstić information content (AvgIpc) is 2.96. The average molecular weight is 316 g/mol. The molecule has 0 radical (unpaired) electrons. The molecule has 2 amide bonds. The van der Waals surface area contributed by atoms with Gasteiger partial charge in [-0.3, -0.25) is 14.0 Å². The number of carbonyl (C=O) groups excluding carboxylic acids is 2. The van der Waals surface area contributed by atoms with E-state index in [-0.39, 0.29) is 17.6 Å². The number of amides is 2. The molecule has 0 aliphatic carbocycles. The van der Waals surface area contributed by atoms with E-state index in [1.54, 1.807) is 16.7 Å². The molecule has 2 heterocycles. The van der Waals surface area contributed by atoms with Crippen molar-refractivity contribution in [3.05, 3.63) is 35.9 Å². The van der Waals surface area contributed by atoms with Crippen molar-refractivity contribution >= 4 is 17.3 Å². The summed E-state index contributed by atoms with van der Waals surface area (Å²) in [6.07, 6.45) is 5.72. The quantitative estimate of drug-likeness (QED) is 0.734. The summed E-state index contributed by atoms with van der Waals surface area (Å²) in [6, 6.07) is 5.44. The minimum Gasteiger partial charge on any atom is -0.351 e. The van der Waals surface area contributed by atoms with Crippen LogP contribution in [0.2, 0.25) is 0 Å². The lowest BCUT2D eigenvalue weighted by Crippen LogP contribution is -2.27. The summed E-state index contributed by atoms with van der Waals surface area (Å²) in [5, 5.41) is 5.67. The molecule has 0 atom stereocenters. The van der Waals surface area contributed by atoms with Crippen molar-refractivity contribution in [2.24, 2.45) is 0 Å². The molecule has 2 rings (SSSR count). The van der Waals surface area contributed by atoms with Crippen LogP contribution in [0.4, 0.5) is 0 Å². The second-order valence-electron chi connectivity index (χ2n) is 5.46. The van der Waals surface area contributed by atoms with Gasteiger partial charge in [0.15, 0.2) is 5.69 Å². The Morgan fingerprint density at radius 3 is 2.57 bits per heavy atom. The topological polar surface area (TPSA) is 75.5 Å². The first kappa shape index (κ1) is 17.0. The maximum absolute atomic E-state index is 12.4. The Hall–Kier alpha value is -2.37. The lowest BCUT2D eigenvalue weighted by Gasteiger charge is -2.02. The van der Waals surface area contributed by atoms with Gasteiger partial charge >= 0.3 is 0 Å². The molecule has 2 aromatic rings. The van der Waals surface area contributed by atoms with E-state index >= 15 is 0 Å². The minimum atomic E-state index is -0.266. The fourth-order valence-corrected chi connectivity index (χ4v) is 2.34. The standard InChI is InChI=1S/C17H24N4O2/c1-3-5-7-11-19-16(22)14-13-9-6-8-12-21(13)15(20-14)17(23)18-10-4-2/h6,8-9,12H,3-5,7,10-11H2,1-2H3,(H,18,23)(H,19,22). The largest absolute Gasteiger partial charge is 0.351 e. The van der Waals surface area contributed by atoms with Crippen LogP contribution in [-0.4, -0.2) is 34.3 Å². The van der Waals surface area contributed by atoms with Crippen LogP contribution in [-0.2, 0) is 0 Å². The molecule has 0 unspecified atom stereocenters. The first-order chi connectivity index (χ1) is 11.2. The van der Waals surface area contributed by atoms with E-state index in [1.807, 2.05) is 19.1 Å². The fraction of sp³-hybridized carbons (Fsp3) is 0.471. The third-order valence-electron chi connectivity index (χ3n) is 3.57. The number of hydrogen-bond donors (Lipinski definition) is 2. The van der Waals surface area contributed by atoms with Gasteiger partial charge in [0.05, 0.1) is 5.52 Å². The van der Waals surface area contributed by atoms with E-state index < -0.39 is 0 Å². The van der Waals surface area contributed by atoms with Crippen LogP contribution in [0.1, 0.15) is 60.6 Å². The molecular formula is C17H24N4O2. The number of aromatic nitrogens is 2. The van der Waals surface area contributed by atoms with Crippen molar-refractivity contribution in [2.45, 2.75) is 39.5 Å². The lowest BCUT2D eigenvalue weighted by molar-refractivity contribution is 0.0942. The highest BCUT2D eigenvalue weighted by molar-refractivity contribution is 6.02. The molecule has 0 aliphatic rings. The first-order valence-electron chi connectivity index (χ1n) is 8.22. The number of carbonyl (C=O) groups is 2. The summed E-state index contributed by atoms with van der Waals surface area (Å²) in [4.78, 5) is 28.9. The molecule has 0 saturated carbocycles. The molecule has 0 spiro atoms. The molecule has 2 aromatic heterocycles. The van der Waals surface area contributed by atoms with Crippen LogP contribution in [0, 0.1) is 0 Å². The maximum Gasteiger partial charge on any atom is 0.287 e. The van der Waals surface area contributed by atoms with E-state index in [1.165, 1.54) is 0 Å². The molecule has 2 N–H and O–H groups in total. The van der Waals surface area contributed by atoms with E-state index in [2.05, 4.69) is 22.5 Å². The molecule has 0 fully saturated rings. The minimum absolute atomic E-state index is 0.237. The van der Waals surface area contributed by atoms with E-state index in [0.717, 1.165) is 25.7 Å². The smallest absolute Gasteiger partial charge is 0.287 e. The zero-order valence-corrected chi connectivity index (χ0v) is 13.8. The van der Waals surface area contributed by atoms with Crippen LogP contribution in [0.3, 0.4) is 0 Å². The Labute approximate surface area is 136 Å². The summed E-state index contributed by atoms with van der Waals surface area (Å²) in [7, 11) is 0. The highest BCUT2D eigenvalue weighted by Gasteiger charge is 2.20. The molecule has 0 saturated heterocycles. The molecule has 6 heteroatoms. The van der Waals surface area contributed by atoms with Crippen molar-refractivity contribution in [2.75, 3.05) is 13.1 Å². The Morgan fingerprint density at radius 1 is 1.04 bits per heavy atom. The summed E-state index contributed by atoms with van der Waals surface area (Å²) in [5.41, 5.74) is 0.936. The van der Waals surface area contributed by atoms with Gasteiger partial charge in [0.25, 0.3) is 11.8 Å². The maximum atomic E-state index is 12.4. The number of hydrogen-bond acceptors (Lipinski definition) is 3. The number of unbranched alkanes of at least 4 members (excludes halogenated alkanes) is 2. The van der Waals surface area contributed by atoms with Gasteiger partial charge in [-0.25, -0.2) is 4.98 Å². The van der Waals surface area contributed by atoms with Gasteiger partial charge < -0.3 is 10.6 Å². The van der Waals surface area contributed by atoms with Crippen molar-refractivity contribution in [3.8, 4) is 0 Å². The summed E-state index contributed by atoms with van der Waals surface area (Å²) in [6.45, 7) is 5.31. The highest BCUT2D eigenvalue weighted by Crippen LogP contribution is 2.13. The Balaban J connectivity index is 2.23. The van der Waals surface area contributed by atoms with Crippen molar-refractivity contribution in [1.29, 1.82) is 0 Å². The van der Waals surface area contributed by atoms with Crippen molar-refractivity contribution in [3.63, 3.8) is 0 Å². The zero-order chi connectivity index (χ0) is 16.7. The third-order valence-corrected chi connectivity index (χ3v) is 3.57. The lowest BCUT2D eigenvalue weighted by atomic mass is 10.2. The molecule has 0 aromatic carbocycles. The van der Waals surface area contributed by atoms with Gasteiger partial charge in [-0.05, 0) is 25.0 Å². The fourth-order valence-electron chi connectivity index (χ4n) is 2.34. The second-order valence-corrected chi connectivity index (χ2v) is 5.46.